The third-order valence-electron chi connectivity index (χ3n) is 4.63. The zero-order chi connectivity index (χ0) is 17.6. The van der Waals surface area contributed by atoms with Gasteiger partial charge in [0.05, 0.1) is 6.61 Å². The highest BCUT2D eigenvalue weighted by molar-refractivity contribution is 5.94. The number of carbonyl (C=O) groups is 2. The average Bonchev–Trinajstić information content (AvgIpc) is 3.45. The van der Waals surface area contributed by atoms with E-state index in [-0.39, 0.29) is 18.4 Å². The second-order valence-corrected chi connectivity index (χ2v) is 6.87. The monoisotopic (exact) mass is 346 g/mol. The van der Waals surface area contributed by atoms with E-state index in [0.29, 0.717) is 36.4 Å². The van der Waals surface area contributed by atoms with Gasteiger partial charge in [-0.15, -0.1) is 0 Å². The lowest BCUT2D eigenvalue weighted by Crippen LogP contribution is -2.43. The van der Waals surface area contributed by atoms with Crippen LogP contribution >= 0.6 is 0 Å². The summed E-state index contributed by atoms with van der Waals surface area (Å²) < 4.78 is 10.8. The Morgan fingerprint density at radius 1 is 1.28 bits per heavy atom. The number of benzene rings is 1. The third-order valence-corrected chi connectivity index (χ3v) is 4.63. The van der Waals surface area contributed by atoms with Gasteiger partial charge in [-0.05, 0) is 43.9 Å². The Labute approximate surface area is 148 Å². The van der Waals surface area contributed by atoms with Crippen molar-refractivity contribution in [2.24, 2.45) is 5.92 Å². The molecule has 136 valence electrons. The Morgan fingerprint density at radius 2 is 2.12 bits per heavy atom. The van der Waals surface area contributed by atoms with E-state index in [0.717, 1.165) is 32.2 Å². The average molecular weight is 346 g/mol. The number of hydrogen-bond acceptors (Lipinski definition) is 4. The van der Waals surface area contributed by atoms with Gasteiger partial charge in [-0.1, -0.05) is 6.07 Å². The fourth-order valence-electron chi connectivity index (χ4n) is 3.08. The molecule has 3 rings (SSSR count). The quantitative estimate of drug-likeness (QED) is 0.818. The van der Waals surface area contributed by atoms with Crippen LogP contribution in [-0.4, -0.2) is 56.2 Å². The van der Waals surface area contributed by atoms with Crippen molar-refractivity contribution in [3.63, 3.8) is 0 Å². The van der Waals surface area contributed by atoms with Crippen LogP contribution in [-0.2, 0) is 9.53 Å². The Hall–Kier alpha value is -2.08. The lowest BCUT2D eigenvalue weighted by molar-refractivity contribution is -0.137. The van der Waals surface area contributed by atoms with Crippen LogP contribution in [0.5, 0.6) is 5.75 Å². The van der Waals surface area contributed by atoms with Crippen molar-refractivity contribution in [1.29, 1.82) is 0 Å². The smallest absolute Gasteiger partial charge is 0.251 e. The number of nitrogens with one attached hydrogen (secondary N) is 1. The molecular formula is C19H26N2O4. The Kier molecular flexibility index (Phi) is 5.91. The molecule has 1 heterocycles. The van der Waals surface area contributed by atoms with Crippen LogP contribution in [0.2, 0.25) is 0 Å². The van der Waals surface area contributed by atoms with Gasteiger partial charge in [0.15, 0.2) is 0 Å². The van der Waals surface area contributed by atoms with Crippen molar-refractivity contribution < 1.29 is 19.1 Å². The lowest BCUT2D eigenvalue weighted by Gasteiger charge is -2.32. The van der Waals surface area contributed by atoms with E-state index in [4.69, 9.17) is 9.47 Å². The van der Waals surface area contributed by atoms with Crippen LogP contribution in [0.1, 0.15) is 36.0 Å². The molecule has 1 aliphatic carbocycles. The summed E-state index contributed by atoms with van der Waals surface area (Å²) in [5.74, 6) is 0.996. The first kappa shape index (κ1) is 17.7. The lowest BCUT2D eigenvalue weighted by atomic mass is 9.99. The molecule has 2 aliphatic rings. The molecule has 1 aromatic rings. The zero-order valence-corrected chi connectivity index (χ0v) is 14.7. The fourth-order valence-corrected chi connectivity index (χ4v) is 3.08. The first-order valence-electron chi connectivity index (χ1n) is 8.96. The highest BCUT2D eigenvalue weighted by Crippen LogP contribution is 2.22. The molecule has 1 aromatic carbocycles. The minimum Gasteiger partial charge on any atom is -0.493 e. The maximum absolute atomic E-state index is 12.1. The summed E-state index contributed by atoms with van der Waals surface area (Å²) in [4.78, 5) is 25.9. The van der Waals surface area contributed by atoms with E-state index in [1.165, 1.54) is 7.11 Å². The summed E-state index contributed by atoms with van der Waals surface area (Å²) in [6, 6.07) is 7.64. The molecule has 2 fully saturated rings. The van der Waals surface area contributed by atoms with E-state index < -0.39 is 0 Å². The molecule has 0 radical (unpaired) electrons. The Bertz CT molecular complexity index is 615. The Balaban J connectivity index is 1.50. The summed E-state index contributed by atoms with van der Waals surface area (Å²) in [5, 5.41) is 2.98. The molecule has 1 aliphatic heterocycles. The number of ether oxygens (including phenoxy) is 2. The fraction of sp³-hybridized carbons (Fsp3) is 0.579. The van der Waals surface area contributed by atoms with Crippen molar-refractivity contribution in [3.05, 3.63) is 29.8 Å². The topological polar surface area (TPSA) is 67.9 Å². The van der Waals surface area contributed by atoms with E-state index in [1.807, 2.05) is 17.0 Å². The summed E-state index contributed by atoms with van der Waals surface area (Å²) in [5.41, 5.74) is 0.630. The number of hydrogen-bond donors (Lipinski definition) is 1. The van der Waals surface area contributed by atoms with Crippen LogP contribution in [0.15, 0.2) is 24.3 Å². The maximum atomic E-state index is 12.1. The zero-order valence-electron chi connectivity index (χ0n) is 14.7. The minimum absolute atomic E-state index is 0.0333. The van der Waals surface area contributed by atoms with Gasteiger partial charge in [-0.3, -0.25) is 9.59 Å². The van der Waals surface area contributed by atoms with E-state index in [1.54, 1.807) is 12.1 Å². The number of rotatable bonds is 7. The maximum Gasteiger partial charge on any atom is 0.251 e. The second kappa shape index (κ2) is 8.34. The first-order chi connectivity index (χ1) is 12.2. The highest BCUT2D eigenvalue weighted by Gasteiger charge is 2.25. The van der Waals surface area contributed by atoms with E-state index in [2.05, 4.69) is 5.32 Å². The molecule has 1 saturated heterocycles. The molecule has 6 nitrogen and oxygen atoms in total. The van der Waals surface area contributed by atoms with Gasteiger partial charge in [0.25, 0.3) is 5.91 Å². The number of likely N-dealkylation sites (tertiary alicyclic amines) is 1. The molecule has 1 atom stereocenters. The predicted octanol–water partition coefficient (Wildman–Crippen LogP) is 1.84. The molecule has 6 heteroatoms. The first-order valence-corrected chi connectivity index (χ1v) is 8.96. The normalized spacial score (nSPS) is 20.2. The molecule has 0 spiro atoms. The minimum atomic E-state index is -0.0399. The number of piperidine rings is 1. The predicted molar refractivity (Wildman–Crippen MR) is 93.6 cm³/mol. The van der Waals surface area contributed by atoms with Gasteiger partial charge >= 0.3 is 0 Å². The molecule has 0 aromatic heterocycles. The summed E-state index contributed by atoms with van der Waals surface area (Å²) in [6.07, 6.45) is 4.16. The number of amides is 2. The molecule has 0 bridgehead atoms. The molecule has 1 saturated carbocycles. The molecule has 1 N–H and O–H groups in total. The van der Waals surface area contributed by atoms with Crippen molar-refractivity contribution in [1.82, 2.24) is 10.2 Å². The summed E-state index contributed by atoms with van der Waals surface area (Å²) in [6.45, 7) is 2.16. The molecular weight excluding hydrogens is 320 g/mol. The third kappa shape index (κ3) is 5.19. The Morgan fingerprint density at radius 3 is 2.88 bits per heavy atom. The van der Waals surface area contributed by atoms with Gasteiger partial charge in [-0.25, -0.2) is 0 Å². The summed E-state index contributed by atoms with van der Waals surface area (Å²) >= 11 is 0. The SMILES string of the molecule is COCC(=O)N1CCCC(COc2cccc(C(=O)NC3CC3)c2)C1. The molecule has 2 amide bonds. The van der Waals surface area contributed by atoms with Crippen LogP contribution in [0.4, 0.5) is 0 Å². The number of nitrogens with zero attached hydrogens (tertiary/aromatic N) is 1. The van der Waals surface area contributed by atoms with Gasteiger partial charge in [-0.2, -0.15) is 0 Å². The van der Waals surface area contributed by atoms with Crippen LogP contribution in [0.25, 0.3) is 0 Å². The second-order valence-electron chi connectivity index (χ2n) is 6.87. The highest BCUT2D eigenvalue weighted by atomic mass is 16.5. The van der Waals surface area contributed by atoms with Crippen molar-refractivity contribution in [2.45, 2.75) is 31.7 Å². The van der Waals surface area contributed by atoms with Crippen LogP contribution in [0.3, 0.4) is 0 Å². The number of carbonyl (C=O) groups excluding carboxylic acids is 2. The van der Waals surface area contributed by atoms with Crippen LogP contribution in [0, 0.1) is 5.92 Å². The standard InChI is InChI=1S/C19H26N2O4/c1-24-13-18(22)21-9-3-4-14(11-21)12-25-17-6-2-5-15(10-17)19(23)20-16-7-8-16/h2,5-6,10,14,16H,3-4,7-9,11-13H2,1H3,(H,20,23). The van der Waals surface area contributed by atoms with Crippen molar-refractivity contribution >= 4 is 11.8 Å². The van der Waals surface area contributed by atoms with E-state index in [9.17, 15) is 9.59 Å². The van der Waals surface area contributed by atoms with Crippen molar-refractivity contribution in [2.75, 3.05) is 33.4 Å². The molecule has 1 unspecified atom stereocenters. The van der Waals surface area contributed by atoms with Crippen LogP contribution < -0.4 is 10.1 Å². The van der Waals surface area contributed by atoms with E-state index >= 15 is 0 Å². The molecule has 25 heavy (non-hydrogen) atoms. The van der Waals surface area contributed by atoms with Gasteiger partial charge < -0.3 is 19.7 Å². The van der Waals surface area contributed by atoms with Gasteiger partial charge in [0.1, 0.15) is 12.4 Å². The van der Waals surface area contributed by atoms with Gasteiger partial charge in [0.2, 0.25) is 5.91 Å². The summed E-state index contributed by atoms with van der Waals surface area (Å²) in [7, 11) is 1.54. The largest absolute Gasteiger partial charge is 0.493 e. The van der Waals surface area contributed by atoms with Crippen molar-refractivity contribution in [3.8, 4) is 5.75 Å². The number of methoxy groups -OCH3 is 1. The van der Waals surface area contributed by atoms with Gasteiger partial charge in [0, 0.05) is 37.7 Å².